The number of nitrogens with zero attached hydrogens (tertiary/aromatic N) is 2. The second-order valence-electron chi connectivity index (χ2n) is 6.21. The van der Waals surface area contributed by atoms with Gasteiger partial charge in [0, 0.05) is 23.8 Å². The predicted octanol–water partition coefficient (Wildman–Crippen LogP) is 4.19. The number of anilines is 1. The van der Waals surface area contributed by atoms with Gasteiger partial charge in [-0.2, -0.15) is 0 Å². The molecule has 0 unspecified atom stereocenters. The quantitative estimate of drug-likeness (QED) is 0.600. The van der Waals surface area contributed by atoms with Crippen LogP contribution < -0.4 is 10.1 Å². The third kappa shape index (κ3) is 4.26. The lowest BCUT2D eigenvalue weighted by Crippen LogP contribution is -1.97. The van der Waals surface area contributed by atoms with Gasteiger partial charge in [0.15, 0.2) is 18.0 Å². The van der Waals surface area contributed by atoms with Crippen LogP contribution in [0.5, 0.6) is 5.75 Å². The number of amides is 1. The van der Waals surface area contributed by atoms with Gasteiger partial charge >= 0.3 is 0 Å². The van der Waals surface area contributed by atoms with Crippen LogP contribution in [0.25, 0.3) is 22.2 Å². The first-order chi connectivity index (χ1) is 13.6. The normalized spacial score (nSPS) is 13.0. The number of ether oxygens (including phenoxy) is 1. The molecule has 0 spiro atoms. The van der Waals surface area contributed by atoms with E-state index < -0.39 is 5.82 Å². The van der Waals surface area contributed by atoms with Crippen molar-refractivity contribution in [3.8, 4) is 16.9 Å². The molecule has 1 fully saturated rings. The summed E-state index contributed by atoms with van der Waals surface area (Å²) in [5.41, 5.74) is 0.945. The van der Waals surface area contributed by atoms with E-state index in [0.29, 0.717) is 35.6 Å². The van der Waals surface area contributed by atoms with Crippen molar-refractivity contribution in [1.29, 1.82) is 0 Å². The minimum absolute atomic E-state index is 0.0653. The summed E-state index contributed by atoms with van der Waals surface area (Å²) in [4.78, 5) is 14.7. The highest BCUT2D eigenvalue weighted by Gasteiger charge is 2.20. The number of methoxy groups -OCH3 is 1. The van der Waals surface area contributed by atoms with Crippen LogP contribution in [0.2, 0.25) is 0 Å². The van der Waals surface area contributed by atoms with Crippen LogP contribution in [0.15, 0.2) is 36.5 Å². The van der Waals surface area contributed by atoms with E-state index in [1.165, 1.54) is 38.3 Å². The number of pyridine rings is 1. The molecule has 1 saturated carbocycles. The van der Waals surface area contributed by atoms with E-state index in [-0.39, 0.29) is 29.4 Å². The van der Waals surface area contributed by atoms with Gasteiger partial charge in [0.05, 0.1) is 12.7 Å². The molecule has 1 amide bonds. The fraction of sp³-hybridized carbons (Fsp3) is 0.263. The Morgan fingerprint density at radius 1 is 1.39 bits per heavy atom. The van der Waals surface area contributed by atoms with Gasteiger partial charge in [0.25, 0.3) is 0 Å². The molecule has 0 saturated heterocycles. The lowest BCUT2D eigenvalue weighted by atomic mass is 10.0. The van der Waals surface area contributed by atoms with Crippen LogP contribution in [0.1, 0.15) is 12.8 Å². The molecule has 0 aliphatic heterocycles. The summed E-state index contributed by atoms with van der Waals surface area (Å²) in [6.45, 7) is 0.417. The van der Waals surface area contributed by atoms with E-state index in [0.717, 1.165) is 3.97 Å². The van der Waals surface area contributed by atoms with Crippen LogP contribution in [-0.4, -0.2) is 34.2 Å². The third-order valence-electron chi connectivity index (χ3n) is 4.32. The largest absolute Gasteiger partial charge is 0.496 e. The summed E-state index contributed by atoms with van der Waals surface area (Å²) < 4.78 is 33.9. The van der Waals surface area contributed by atoms with Crippen molar-refractivity contribution in [3.05, 3.63) is 42.3 Å². The molecular formula is C19H19F2N3O3S. The molecule has 4 rings (SSSR count). The number of halogens is 2. The highest BCUT2D eigenvalue weighted by atomic mass is 32.2. The van der Waals surface area contributed by atoms with Gasteiger partial charge in [-0.25, -0.2) is 13.3 Å². The highest BCUT2D eigenvalue weighted by molar-refractivity contribution is 7.92. The number of aliphatic hydroxyl groups is 1. The van der Waals surface area contributed by atoms with Gasteiger partial charge in [0.1, 0.15) is 17.4 Å². The molecular weight excluding hydrogens is 388 g/mol. The zero-order valence-corrected chi connectivity index (χ0v) is 15.9. The van der Waals surface area contributed by atoms with Crippen molar-refractivity contribution in [2.45, 2.75) is 12.8 Å². The molecule has 28 heavy (non-hydrogen) atoms. The number of aromatic nitrogens is 2. The van der Waals surface area contributed by atoms with Gasteiger partial charge in [-0.3, -0.25) is 4.79 Å². The van der Waals surface area contributed by atoms with Crippen molar-refractivity contribution in [1.82, 2.24) is 8.96 Å². The maximum atomic E-state index is 14.3. The second kappa shape index (κ2) is 9.03. The summed E-state index contributed by atoms with van der Waals surface area (Å²) in [7, 11) is 1.44. The Hall–Kier alpha value is -2.65. The Morgan fingerprint density at radius 2 is 2.18 bits per heavy atom. The predicted molar refractivity (Wildman–Crippen MR) is 105 cm³/mol. The first-order valence-electron chi connectivity index (χ1n) is 8.58. The second-order valence-corrected chi connectivity index (χ2v) is 6.74. The Kier molecular flexibility index (Phi) is 6.48. The molecule has 1 aliphatic rings. The molecule has 0 radical (unpaired) electrons. The van der Waals surface area contributed by atoms with Crippen molar-refractivity contribution in [3.63, 3.8) is 0 Å². The molecule has 1 aromatic carbocycles. The number of carbonyl (C=O) groups excluding carboxylic acids is 1. The Balaban J connectivity index is 0.000000391. The van der Waals surface area contributed by atoms with Crippen molar-refractivity contribution < 1.29 is 22.9 Å². The monoisotopic (exact) mass is 407 g/mol. The Labute approximate surface area is 165 Å². The minimum atomic E-state index is -0.484. The molecule has 2 N–H and O–H groups in total. The smallest absolute Gasteiger partial charge is 0.212 e. The van der Waals surface area contributed by atoms with Gasteiger partial charge in [0.2, 0.25) is 6.41 Å². The lowest BCUT2D eigenvalue weighted by molar-refractivity contribution is -0.105. The zero-order chi connectivity index (χ0) is 20.1. The first kappa shape index (κ1) is 20.1. The van der Waals surface area contributed by atoms with E-state index in [1.54, 1.807) is 18.2 Å². The van der Waals surface area contributed by atoms with Crippen LogP contribution in [0, 0.1) is 11.7 Å². The number of rotatable bonds is 6. The Bertz CT molecular complexity index is 976. The average molecular weight is 407 g/mol. The van der Waals surface area contributed by atoms with Crippen LogP contribution in [0.4, 0.5) is 14.1 Å². The molecule has 0 bridgehead atoms. The summed E-state index contributed by atoms with van der Waals surface area (Å²) >= 11 is -0.0653. The summed E-state index contributed by atoms with van der Waals surface area (Å²) in [6.07, 6.45) is 4.44. The van der Waals surface area contributed by atoms with E-state index in [2.05, 4.69) is 10.3 Å². The van der Waals surface area contributed by atoms with Crippen molar-refractivity contribution in [2.75, 3.05) is 19.0 Å². The number of hydrogen-bond donors (Lipinski definition) is 2. The molecule has 2 aromatic heterocycles. The van der Waals surface area contributed by atoms with Crippen molar-refractivity contribution >= 4 is 35.6 Å². The third-order valence-corrected chi connectivity index (χ3v) is 4.75. The van der Waals surface area contributed by atoms with E-state index >= 15 is 0 Å². The maximum absolute atomic E-state index is 14.3. The van der Waals surface area contributed by atoms with Gasteiger partial charge in [-0.15, -0.1) is 3.89 Å². The van der Waals surface area contributed by atoms with Crippen LogP contribution in [-0.2, 0) is 4.79 Å². The summed E-state index contributed by atoms with van der Waals surface area (Å²) in [6, 6.07) is 7.66. The zero-order valence-electron chi connectivity index (χ0n) is 15.1. The molecule has 1 aliphatic carbocycles. The topological polar surface area (TPSA) is 76.4 Å². The standard InChI is InChI=1S/C15H11F2N3O2S.C4H8O/c1-22-12-4-2-3-11(16)14(12)10-7-20(23-17)15-9(10)5-6-13(19-15)18-8-21;5-3-4-1-2-4/h2-8H,1H3,(H,18,19,21);4-5H,1-3H2. The van der Waals surface area contributed by atoms with Crippen LogP contribution in [0.3, 0.4) is 0 Å². The molecule has 0 atom stereocenters. The fourth-order valence-electron chi connectivity index (χ4n) is 2.70. The highest BCUT2D eigenvalue weighted by Crippen LogP contribution is 2.39. The number of carbonyl (C=O) groups is 1. The summed E-state index contributed by atoms with van der Waals surface area (Å²) in [5.74, 6) is 0.813. The molecule has 2 heterocycles. The Morgan fingerprint density at radius 3 is 2.75 bits per heavy atom. The number of fused-ring (bicyclic) bond motifs is 1. The SMILES string of the molecule is COc1cccc(F)c1-c1cn(SF)c2nc(NC=O)ccc12.OCC1CC1. The van der Waals surface area contributed by atoms with Gasteiger partial charge in [-0.05, 0) is 43.0 Å². The summed E-state index contributed by atoms with van der Waals surface area (Å²) in [5, 5.41) is 11.1. The molecule has 148 valence electrons. The van der Waals surface area contributed by atoms with E-state index in [9.17, 15) is 13.1 Å². The van der Waals surface area contributed by atoms with E-state index in [4.69, 9.17) is 9.84 Å². The number of benzene rings is 1. The van der Waals surface area contributed by atoms with Gasteiger partial charge < -0.3 is 15.2 Å². The number of nitrogens with one attached hydrogen (secondary N) is 1. The lowest BCUT2D eigenvalue weighted by Gasteiger charge is -2.08. The maximum Gasteiger partial charge on any atom is 0.212 e. The fourth-order valence-corrected chi connectivity index (χ4v) is 3.05. The average Bonchev–Trinajstić information content (AvgIpc) is 3.49. The molecule has 9 heteroatoms. The number of aliphatic hydroxyl groups excluding tert-OH is 1. The van der Waals surface area contributed by atoms with Gasteiger partial charge in [-0.1, -0.05) is 6.07 Å². The molecule has 6 nitrogen and oxygen atoms in total. The minimum Gasteiger partial charge on any atom is -0.496 e. The van der Waals surface area contributed by atoms with E-state index in [1.807, 2.05) is 0 Å². The number of hydrogen-bond acceptors (Lipinski definition) is 5. The van der Waals surface area contributed by atoms with Crippen LogP contribution >= 0.6 is 12.3 Å². The van der Waals surface area contributed by atoms with Crippen molar-refractivity contribution in [2.24, 2.45) is 5.92 Å². The molecule has 3 aromatic rings. The first-order valence-corrected chi connectivity index (χ1v) is 9.25.